The molecule has 23 heavy (non-hydrogen) atoms. The van der Waals surface area contributed by atoms with Gasteiger partial charge >= 0.3 is 0 Å². The molecule has 0 fully saturated rings. The lowest BCUT2D eigenvalue weighted by Gasteiger charge is -2.19. The van der Waals surface area contributed by atoms with Crippen molar-refractivity contribution in [2.45, 2.75) is 6.54 Å². The van der Waals surface area contributed by atoms with Crippen LogP contribution >= 0.6 is 11.6 Å². The van der Waals surface area contributed by atoms with E-state index in [0.717, 1.165) is 33.7 Å². The zero-order valence-corrected chi connectivity index (χ0v) is 13.4. The molecule has 0 saturated heterocycles. The molecule has 4 rings (SSSR count). The van der Waals surface area contributed by atoms with Gasteiger partial charge in [-0.3, -0.25) is 0 Å². The molecule has 116 valence electrons. The minimum absolute atomic E-state index is 0.288. The average Bonchev–Trinajstić information content (AvgIpc) is 3.02. The molecule has 2 heterocycles. The molecular weight excluding hydrogens is 312 g/mol. The van der Waals surface area contributed by atoms with Crippen LogP contribution in [0.1, 0.15) is 5.56 Å². The number of nitrogens with zero attached hydrogens (tertiary/aromatic N) is 2. The van der Waals surface area contributed by atoms with Crippen LogP contribution in [0.25, 0.3) is 10.8 Å². The summed E-state index contributed by atoms with van der Waals surface area (Å²) in [6.07, 6.45) is 0. The minimum atomic E-state index is 0.288. The van der Waals surface area contributed by atoms with E-state index in [4.69, 9.17) is 21.1 Å². The van der Waals surface area contributed by atoms with Crippen LogP contribution in [-0.4, -0.2) is 18.8 Å². The van der Waals surface area contributed by atoms with Gasteiger partial charge in [-0.2, -0.15) is 0 Å². The molecule has 3 aromatic rings. The van der Waals surface area contributed by atoms with Crippen LogP contribution in [0.2, 0.25) is 5.15 Å². The van der Waals surface area contributed by atoms with Crippen LogP contribution in [0.4, 0.5) is 5.82 Å². The van der Waals surface area contributed by atoms with Gasteiger partial charge < -0.3 is 14.4 Å². The molecule has 1 aliphatic heterocycles. The predicted octanol–water partition coefficient (Wildman–Crippen LogP) is 4.25. The van der Waals surface area contributed by atoms with Gasteiger partial charge in [0.25, 0.3) is 0 Å². The lowest BCUT2D eigenvalue weighted by Crippen LogP contribution is -2.17. The van der Waals surface area contributed by atoms with Crippen LogP contribution in [0.15, 0.2) is 48.5 Å². The molecule has 0 aliphatic carbocycles. The van der Waals surface area contributed by atoms with Gasteiger partial charge in [0, 0.05) is 19.0 Å². The molecule has 0 saturated carbocycles. The Balaban J connectivity index is 1.63. The van der Waals surface area contributed by atoms with Crippen molar-refractivity contribution in [3.63, 3.8) is 0 Å². The molecular formula is C18H15ClN2O2. The molecule has 0 spiro atoms. The number of fused-ring (bicyclic) bond motifs is 2. The van der Waals surface area contributed by atoms with E-state index >= 15 is 0 Å². The Hall–Kier alpha value is -2.46. The van der Waals surface area contributed by atoms with Crippen molar-refractivity contribution in [2.24, 2.45) is 0 Å². The first-order chi connectivity index (χ1) is 11.2. The summed E-state index contributed by atoms with van der Waals surface area (Å²) in [6.45, 7) is 0.995. The van der Waals surface area contributed by atoms with Crippen molar-refractivity contribution in [1.29, 1.82) is 0 Å². The van der Waals surface area contributed by atoms with Crippen molar-refractivity contribution in [3.05, 3.63) is 59.2 Å². The highest BCUT2D eigenvalue weighted by molar-refractivity contribution is 6.34. The zero-order chi connectivity index (χ0) is 15.8. The Morgan fingerprint density at radius 3 is 2.83 bits per heavy atom. The quantitative estimate of drug-likeness (QED) is 0.674. The molecule has 0 radical (unpaired) electrons. The highest BCUT2D eigenvalue weighted by Gasteiger charge is 2.14. The topological polar surface area (TPSA) is 34.6 Å². The molecule has 4 nitrogen and oxygen atoms in total. The van der Waals surface area contributed by atoms with Gasteiger partial charge in [-0.05, 0) is 29.1 Å². The summed E-state index contributed by atoms with van der Waals surface area (Å²) in [6, 6.07) is 16.0. The number of hydrogen-bond acceptors (Lipinski definition) is 4. The largest absolute Gasteiger partial charge is 0.454 e. The molecule has 0 amide bonds. The Bertz CT molecular complexity index is 882. The molecule has 5 heteroatoms. The van der Waals surface area contributed by atoms with Gasteiger partial charge in [0.15, 0.2) is 11.5 Å². The maximum absolute atomic E-state index is 6.31. The summed E-state index contributed by atoms with van der Waals surface area (Å²) < 4.78 is 10.8. The maximum atomic E-state index is 6.31. The fourth-order valence-corrected chi connectivity index (χ4v) is 2.99. The monoisotopic (exact) mass is 326 g/mol. The third kappa shape index (κ3) is 2.66. The Morgan fingerprint density at radius 2 is 1.91 bits per heavy atom. The Morgan fingerprint density at radius 1 is 1.09 bits per heavy atom. The lowest BCUT2D eigenvalue weighted by atomic mass is 10.1. The van der Waals surface area contributed by atoms with Crippen LogP contribution in [-0.2, 0) is 6.54 Å². The number of aromatic nitrogens is 1. The van der Waals surface area contributed by atoms with E-state index < -0.39 is 0 Å². The maximum Gasteiger partial charge on any atom is 0.231 e. The van der Waals surface area contributed by atoms with Crippen LogP contribution < -0.4 is 14.4 Å². The van der Waals surface area contributed by atoms with E-state index in [1.54, 1.807) is 0 Å². The number of pyridine rings is 1. The molecule has 1 aliphatic rings. The van der Waals surface area contributed by atoms with E-state index in [9.17, 15) is 0 Å². The van der Waals surface area contributed by atoms with Crippen LogP contribution in [0.5, 0.6) is 11.5 Å². The Kier molecular flexibility index (Phi) is 3.46. The summed E-state index contributed by atoms with van der Waals surface area (Å²) in [5.74, 6) is 2.43. The highest BCUT2D eigenvalue weighted by atomic mass is 35.5. The fourth-order valence-electron chi connectivity index (χ4n) is 2.73. The number of rotatable bonds is 3. The number of anilines is 1. The minimum Gasteiger partial charge on any atom is -0.454 e. The van der Waals surface area contributed by atoms with Gasteiger partial charge in [-0.1, -0.05) is 41.9 Å². The first-order valence-corrected chi connectivity index (χ1v) is 7.73. The first-order valence-electron chi connectivity index (χ1n) is 7.36. The summed E-state index contributed by atoms with van der Waals surface area (Å²) >= 11 is 6.31. The summed E-state index contributed by atoms with van der Waals surface area (Å²) in [5, 5.41) is 2.57. The van der Waals surface area contributed by atoms with Gasteiger partial charge in [0.1, 0.15) is 11.0 Å². The number of benzene rings is 2. The number of halogens is 1. The van der Waals surface area contributed by atoms with Crippen LogP contribution in [0.3, 0.4) is 0 Å². The van der Waals surface area contributed by atoms with Crippen molar-refractivity contribution in [2.75, 3.05) is 18.7 Å². The molecule has 0 unspecified atom stereocenters. The van der Waals surface area contributed by atoms with Gasteiger partial charge in [0.2, 0.25) is 6.79 Å². The molecule has 0 atom stereocenters. The third-order valence-electron chi connectivity index (χ3n) is 3.93. The molecule has 2 aromatic carbocycles. The van der Waals surface area contributed by atoms with Crippen molar-refractivity contribution in [3.8, 4) is 11.5 Å². The second kappa shape index (κ2) is 5.63. The fraction of sp³-hybridized carbons (Fsp3) is 0.167. The average molecular weight is 327 g/mol. The number of ether oxygens (including phenoxy) is 2. The summed E-state index contributed by atoms with van der Waals surface area (Å²) in [7, 11) is 2.00. The van der Waals surface area contributed by atoms with Crippen molar-refractivity contribution in [1.82, 2.24) is 4.98 Å². The number of hydrogen-bond donors (Lipinski definition) is 0. The Labute approximate surface area is 139 Å². The molecule has 1 aromatic heterocycles. The second-order valence-corrected chi connectivity index (χ2v) is 5.89. The standard InChI is InChI=1S/C18H15ClN2O2/c1-21(10-12-6-7-15-16(8-12)23-11-22-15)17-9-13-4-2-3-5-14(13)18(19)20-17/h2-9H,10-11H2,1H3. The van der Waals surface area contributed by atoms with E-state index in [1.165, 1.54) is 0 Å². The third-order valence-corrected chi connectivity index (χ3v) is 4.22. The second-order valence-electron chi connectivity index (χ2n) is 5.54. The van der Waals surface area contributed by atoms with Crippen LogP contribution in [0, 0.1) is 0 Å². The molecule has 0 N–H and O–H groups in total. The van der Waals surface area contributed by atoms with Gasteiger partial charge in [-0.15, -0.1) is 0 Å². The lowest BCUT2D eigenvalue weighted by molar-refractivity contribution is 0.174. The van der Waals surface area contributed by atoms with E-state index in [-0.39, 0.29) is 6.79 Å². The normalized spacial score (nSPS) is 12.6. The first kappa shape index (κ1) is 14.2. The smallest absolute Gasteiger partial charge is 0.231 e. The SMILES string of the molecule is CN(Cc1ccc2c(c1)OCO2)c1cc2ccccc2c(Cl)n1. The van der Waals surface area contributed by atoms with Gasteiger partial charge in [-0.25, -0.2) is 4.98 Å². The van der Waals surface area contributed by atoms with Gasteiger partial charge in [0.05, 0.1) is 0 Å². The van der Waals surface area contributed by atoms with Crippen molar-refractivity contribution >= 4 is 28.2 Å². The van der Waals surface area contributed by atoms with E-state index in [0.29, 0.717) is 11.7 Å². The van der Waals surface area contributed by atoms with E-state index in [1.807, 2.05) is 55.6 Å². The van der Waals surface area contributed by atoms with E-state index in [2.05, 4.69) is 9.88 Å². The summed E-state index contributed by atoms with van der Waals surface area (Å²) in [5.41, 5.74) is 1.13. The van der Waals surface area contributed by atoms with Crippen molar-refractivity contribution < 1.29 is 9.47 Å². The highest BCUT2D eigenvalue weighted by Crippen LogP contribution is 2.33. The zero-order valence-electron chi connectivity index (χ0n) is 12.6. The predicted molar refractivity (Wildman–Crippen MR) is 91.4 cm³/mol. The molecule has 0 bridgehead atoms. The summed E-state index contributed by atoms with van der Waals surface area (Å²) in [4.78, 5) is 6.57.